The molecular formula is C65H73BN10O21S2. The van der Waals surface area contributed by atoms with E-state index in [2.05, 4.69) is 46.0 Å². The van der Waals surface area contributed by atoms with Gasteiger partial charge in [0.05, 0.1) is 54.5 Å². The standard InChI is InChI=1S/C65H73BN10O21S2/c1-31-41(26-65(91)53(96-59(89)36-15-11-8-12-16-36)51-63(6,42(79)25-43-64(51,30-92-43)97-33(3)78)52(82)49(93-32(2)77)46(31)62(65,4)5)94-60(90)50(47(75-76-66)34-13-9-7-10-14-34)95-45(81)23-24-98-99-29-40(58(87)88)71-44(80)22-21-39(57(85)86)72-55(83)35-17-19-37(20-18-35)68-27-38-28-69-54-48(70-38)56(84)74-61(67)73-54/h7-20,28,39-43,47,49-51,53,68,79,91H,21-27,29-30,66H2,1-6H3,(H,71,80)(H,72,83)(H,85,86)(H,87,88)(H3,67,69,73,74,84)/t39?,40?,41-,42-,43+,47-,49+,50+,51?,53-,63+,64-,65+/m0/s1. The molecule has 10 N–H and O–H groups in total. The van der Waals surface area contributed by atoms with Gasteiger partial charge in [0.15, 0.2) is 28.7 Å². The van der Waals surface area contributed by atoms with E-state index in [1.807, 2.05) is 0 Å². The van der Waals surface area contributed by atoms with Crippen molar-refractivity contribution in [3.05, 3.63) is 135 Å². The lowest BCUT2D eigenvalue weighted by Crippen LogP contribution is -2.82. The molecule has 3 aliphatic carbocycles. The third kappa shape index (κ3) is 15.6. The quantitative estimate of drug-likeness (QED) is 0.00693. The van der Waals surface area contributed by atoms with Crippen molar-refractivity contribution in [3.8, 4) is 0 Å². The molecule has 1 saturated heterocycles. The molecule has 1 aliphatic heterocycles. The molecule has 99 heavy (non-hydrogen) atoms. The monoisotopic (exact) mass is 1400 g/mol. The van der Waals surface area contributed by atoms with Crippen LogP contribution in [-0.4, -0.2) is 186 Å². The maximum atomic E-state index is 15.8. The number of ketones is 1. The summed E-state index contributed by atoms with van der Waals surface area (Å²) in [6, 6.07) is 17.2. The van der Waals surface area contributed by atoms with E-state index < -0.39 is 173 Å². The molecular weight excluding hydrogens is 1330 g/mol. The molecule has 0 spiro atoms. The first-order chi connectivity index (χ1) is 46.9. The van der Waals surface area contributed by atoms with Crippen molar-refractivity contribution in [1.82, 2.24) is 30.6 Å². The number of benzene rings is 3. The Morgan fingerprint density at radius 3 is 2.15 bits per heavy atom. The number of nitrogens with two attached hydrogens (primary N) is 1. The predicted molar refractivity (Wildman–Crippen MR) is 354 cm³/mol. The number of aliphatic hydroxyl groups is 2. The number of Topliss-reactive ketones (excluding diaryl/α,β-unsaturated/α-hetero) is 1. The van der Waals surface area contributed by atoms with Crippen LogP contribution >= 0.6 is 21.6 Å². The Hall–Kier alpha value is -9.64. The van der Waals surface area contributed by atoms with Crippen molar-refractivity contribution in [2.75, 3.05) is 29.2 Å². The van der Waals surface area contributed by atoms with E-state index in [4.69, 9.17) is 34.2 Å². The van der Waals surface area contributed by atoms with Gasteiger partial charge in [-0.3, -0.25) is 43.6 Å². The summed E-state index contributed by atoms with van der Waals surface area (Å²) < 4.78 is 36.7. The number of nitrogens with one attached hydrogen (secondary N) is 4. The second-order valence-electron chi connectivity index (χ2n) is 24.9. The number of aromatic nitrogens is 4. The molecule has 9 rings (SSSR count). The average molecular weight is 1410 g/mol. The van der Waals surface area contributed by atoms with E-state index in [1.54, 1.807) is 60.7 Å². The summed E-state index contributed by atoms with van der Waals surface area (Å²) in [4.78, 5) is 164. The normalized spacial score (nSPS) is 24.9. The first-order valence-corrected chi connectivity index (χ1v) is 33.7. The molecule has 13 atom stereocenters. The van der Waals surface area contributed by atoms with Crippen molar-refractivity contribution in [2.45, 2.75) is 146 Å². The van der Waals surface area contributed by atoms with Gasteiger partial charge in [0.25, 0.3) is 19.4 Å². The number of carboxylic acid groups (broad SMARTS) is 2. The van der Waals surface area contributed by atoms with Gasteiger partial charge >= 0.3 is 41.8 Å². The van der Waals surface area contributed by atoms with Crippen LogP contribution in [0.15, 0.2) is 117 Å². The van der Waals surface area contributed by atoms with Gasteiger partial charge in [-0.2, -0.15) is 10.1 Å². The molecule has 4 aliphatic rings. The Morgan fingerprint density at radius 1 is 0.848 bits per heavy atom. The summed E-state index contributed by atoms with van der Waals surface area (Å²) in [7, 11) is 3.27. The van der Waals surface area contributed by atoms with E-state index in [0.717, 1.165) is 35.4 Å². The van der Waals surface area contributed by atoms with Gasteiger partial charge < -0.3 is 70.5 Å². The van der Waals surface area contributed by atoms with Crippen LogP contribution in [0.1, 0.15) is 112 Å². The fourth-order valence-electron chi connectivity index (χ4n) is 13.2. The number of anilines is 2. The molecule has 31 nitrogen and oxygen atoms in total. The molecule has 2 amide bonds. The molecule has 3 aromatic carbocycles. The molecule has 3 heterocycles. The third-order valence-corrected chi connectivity index (χ3v) is 20.7. The average Bonchev–Trinajstić information content (AvgIpc) is 0.669. The SMILES string of the molecule is BN=N[C@@H](c1ccccc1)[C@@H](OC(=O)CCSSCC(NC(=O)CCC(NC(=O)c1ccc(NCc2cnc3nc(N)[nH]c(=O)c3n2)cc1)C(=O)O)C(=O)O)C(=O)O[C@H]1C[C@@]2(O)[C@@H](OC(=O)c3ccccc3)C3[C@](C)(C(=O)[C@H](OC(C)=O)C(=C1C)C2(C)C)[C@@H](O)C[C@H]1OC[C@@]31OC(C)=O. The molecule has 2 bridgehead atoms. The van der Waals surface area contributed by atoms with Crippen LogP contribution in [0, 0.1) is 16.7 Å². The Morgan fingerprint density at radius 2 is 1.53 bits per heavy atom. The minimum absolute atomic E-state index is 0.00633. The predicted octanol–water partition coefficient (Wildman–Crippen LogP) is 3.08. The highest BCUT2D eigenvalue weighted by Crippen LogP contribution is 2.64. The number of carboxylic acids is 2. The zero-order valence-electron chi connectivity index (χ0n) is 54.7. The number of fused-ring (bicyclic) bond motifs is 6. The van der Waals surface area contributed by atoms with E-state index in [0.29, 0.717) is 16.9 Å². The van der Waals surface area contributed by atoms with Crippen LogP contribution in [0.5, 0.6) is 0 Å². The highest BCUT2D eigenvalue weighted by atomic mass is 33.1. The minimum atomic E-state index is -2.52. The number of hydrogen-bond donors (Lipinski definition) is 9. The first-order valence-electron chi connectivity index (χ1n) is 31.2. The number of rotatable bonds is 27. The Kier molecular flexibility index (Phi) is 22.8. The second kappa shape index (κ2) is 30.6. The number of amides is 2. The highest BCUT2D eigenvalue weighted by Gasteiger charge is 2.78. The minimum Gasteiger partial charge on any atom is -0.480 e. The van der Waals surface area contributed by atoms with Gasteiger partial charge in [-0.05, 0) is 73.4 Å². The zero-order chi connectivity index (χ0) is 71.9. The van der Waals surface area contributed by atoms with E-state index in [1.165, 1.54) is 66.1 Å². The number of carbonyl (C=O) groups is 10. The van der Waals surface area contributed by atoms with Crippen molar-refractivity contribution in [1.29, 1.82) is 0 Å². The molecule has 3 fully saturated rings. The largest absolute Gasteiger partial charge is 0.480 e. The summed E-state index contributed by atoms with van der Waals surface area (Å²) in [5.74, 6) is -12.6. The smallest absolute Gasteiger partial charge is 0.350 e. The lowest BCUT2D eigenvalue weighted by Gasteiger charge is -2.67. The number of H-pyrrole nitrogens is 1. The highest BCUT2D eigenvalue weighted by molar-refractivity contribution is 8.76. The van der Waals surface area contributed by atoms with Crippen molar-refractivity contribution in [3.63, 3.8) is 0 Å². The molecule has 0 radical (unpaired) electrons. The van der Waals surface area contributed by atoms with Crippen LogP contribution in [0.2, 0.25) is 0 Å². The van der Waals surface area contributed by atoms with Gasteiger partial charge in [0.1, 0.15) is 42.0 Å². The summed E-state index contributed by atoms with van der Waals surface area (Å²) in [5.41, 5.74) is -1.93. The van der Waals surface area contributed by atoms with E-state index in [9.17, 15) is 63.6 Å². The lowest BCUT2D eigenvalue weighted by atomic mass is 9.44. The Balaban J connectivity index is 0.871. The number of nitrogen functional groups attached to an aromatic ring is 1. The molecule has 2 saturated carbocycles. The number of nitrogens with zero attached hydrogens (tertiary/aromatic N) is 5. The number of carbonyl (C=O) groups excluding carboxylic acids is 8. The van der Waals surface area contributed by atoms with Gasteiger partial charge in [-0.25, -0.2) is 29.1 Å². The molecule has 5 aromatic rings. The number of aliphatic hydroxyl groups excluding tert-OH is 1. The second-order valence-corrected chi connectivity index (χ2v) is 27.5. The number of aliphatic carboxylic acids is 2. The fraction of sp³-hybridized carbons (Fsp3) is 0.446. The molecule has 2 aromatic heterocycles. The number of aromatic amines is 1. The van der Waals surface area contributed by atoms with E-state index in [-0.39, 0.29) is 70.5 Å². The summed E-state index contributed by atoms with van der Waals surface area (Å²) in [6.45, 7) is 7.77. The maximum absolute atomic E-state index is 15.8. The van der Waals surface area contributed by atoms with Crippen LogP contribution in [0.3, 0.4) is 0 Å². The van der Waals surface area contributed by atoms with Gasteiger partial charge in [-0.15, -0.1) is 0 Å². The number of hydrogen-bond acceptors (Lipinski definition) is 28. The molecule has 3 unspecified atom stereocenters. The Bertz CT molecular complexity index is 4080. The van der Waals surface area contributed by atoms with Crippen molar-refractivity contribution < 1.29 is 96.8 Å². The summed E-state index contributed by atoms with van der Waals surface area (Å²) in [5, 5.41) is 62.2. The Labute approximate surface area is 573 Å². The van der Waals surface area contributed by atoms with Crippen LogP contribution in [0.25, 0.3) is 11.2 Å². The van der Waals surface area contributed by atoms with Crippen LogP contribution in [0.4, 0.5) is 11.6 Å². The van der Waals surface area contributed by atoms with Crippen LogP contribution in [-0.2, 0) is 73.3 Å². The maximum Gasteiger partial charge on any atom is 0.350 e. The third-order valence-electron chi connectivity index (χ3n) is 18.3. The van der Waals surface area contributed by atoms with Crippen LogP contribution < -0.4 is 27.2 Å². The fourth-order valence-corrected chi connectivity index (χ4v) is 15.4. The van der Waals surface area contributed by atoms with Crippen molar-refractivity contribution >= 4 is 112 Å². The number of ether oxygens (including phenoxy) is 6. The molecule has 34 heteroatoms. The summed E-state index contributed by atoms with van der Waals surface area (Å²) >= 11 is 0. The van der Waals surface area contributed by atoms with Gasteiger partial charge in [0.2, 0.25) is 18.0 Å². The van der Waals surface area contributed by atoms with Crippen molar-refractivity contribution in [2.24, 2.45) is 26.9 Å². The first kappa shape index (κ1) is 73.6. The number of esters is 5. The zero-order valence-corrected chi connectivity index (χ0v) is 56.3. The van der Waals surface area contributed by atoms with Gasteiger partial charge in [-0.1, -0.05) is 84.0 Å². The van der Waals surface area contributed by atoms with E-state index >= 15 is 9.59 Å². The topological polar surface area (TPSA) is 465 Å². The summed E-state index contributed by atoms with van der Waals surface area (Å²) in [6.07, 6.45) is -11.1. The molecule has 524 valence electrons. The lowest BCUT2D eigenvalue weighted by molar-refractivity contribution is -0.346. The van der Waals surface area contributed by atoms with Gasteiger partial charge in [0, 0.05) is 61.3 Å².